The van der Waals surface area contributed by atoms with Gasteiger partial charge in [0.2, 0.25) is 0 Å². The van der Waals surface area contributed by atoms with E-state index in [2.05, 4.69) is 44.3 Å². The van der Waals surface area contributed by atoms with Gasteiger partial charge in [0, 0.05) is 18.7 Å². The Morgan fingerprint density at radius 1 is 1.07 bits per heavy atom. The molecule has 1 aliphatic carbocycles. The van der Waals surface area contributed by atoms with Crippen LogP contribution in [0.15, 0.2) is 36.4 Å². The molecule has 0 saturated heterocycles. The van der Waals surface area contributed by atoms with E-state index in [-0.39, 0.29) is 11.5 Å². The van der Waals surface area contributed by atoms with Crippen molar-refractivity contribution >= 4 is 0 Å². The summed E-state index contributed by atoms with van der Waals surface area (Å²) in [6, 6.07) is 10.6. The van der Waals surface area contributed by atoms with E-state index in [1.165, 1.54) is 28.8 Å². The molecule has 0 fully saturated rings. The van der Waals surface area contributed by atoms with Crippen LogP contribution >= 0.6 is 0 Å². The first-order valence-electron chi connectivity index (χ1n) is 10.7. The summed E-state index contributed by atoms with van der Waals surface area (Å²) in [6.45, 7) is 7.24. The van der Waals surface area contributed by atoms with Crippen molar-refractivity contribution in [2.45, 2.75) is 71.4 Å². The number of aryl methyl sites for hydroxylation is 2. The Labute approximate surface area is 173 Å². The number of hydrogen-bond acceptors (Lipinski definition) is 2. The van der Waals surface area contributed by atoms with E-state index >= 15 is 0 Å². The molecule has 2 atom stereocenters. The second-order valence-electron chi connectivity index (χ2n) is 9.59. The topological polar surface area (TPSA) is 32.3 Å². The number of halogens is 2. The van der Waals surface area contributed by atoms with Gasteiger partial charge in [0.05, 0.1) is 6.10 Å². The summed E-state index contributed by atoms with van der Waals surface area (Å²) >= 11 is 0. The fourth-order valence-corrected chi connectivity index (χ4v) is 4.25. The normalized spacial score (nSPS) is 17.8. The van der Waals surface area contributed by atoms with Crippen LogP contribution in [0.4, 0.5) is 8.78 Å². The molecule has 0 spiro atoms. The van der Waals surface area contributed by atoms with Gasteiger partial charge in [-0.05, 0) is 78.3 Å². The highest BCUT2D eigenvalue weighted by atomic mass is 19.1. The van der Waals surface area contributed by atoms with Crippen molar-refractivity contribution in [1.82, 2.24) is 5.32 Å². The van der Waals surface area contributed by atoms with Crippen LogP contribution in [-0.2, 0) is 19.3 Å². The molecule has 3 rings (SSSR count). The van der Waals surface area contributed by atoms with Crippen molar-refractivity contribution in [2.75, 3.05) is 6.54 Å². The van der Waals surface area contributed by atoms with Crippen LogP contribution in [0, 0.1) is 17.0 Å². The highest BCUT2D eigenvalue weighted by Crippen LogP contribution is 2.32. The second-order valence-corrected chi connectivity index (χ2v) is 9.59. The minimum absolute atomic E-state index is 0.248. The van der Waals surface area contributed by atoms with Crippen molar-refractivity contribution in [2.24, 2.45) is 5.41 Å². The molecule has 29 heavy (non-hydrogen) atoms. The Balaban J connectivity index is 1.57. The van der Waals surface area contributed by atoms with E-state index < -0.39 is 17.7 Å². The zero-order valence-electron chi connectivity index (χ0n) is 17.8. The molecular formula is C25H33F2NO. The van der Waals surface area contributed by atoms with Gasteiger partial charge in [-0.15, -0.1) is 0 Å². The number of hydrogen-bond donors (Lipinski definition) is 2. The summed E-state index contributed by atoms with van der Waals surface area (Å²) in [5, 5.41) is 13.9. The average Bonchev–Trinajstić information content (AvgIpc) is 2.62. The van der Waals surface area contributed by atoms with Crippen LogP contribution in [-0.4, -0.2) is 17.8 Å². The standard InChI is InChI=1S/C25H33F2NO/c1-25(2,3)15-18-7-9-19-5-4-6-24(23(19)13-18)28-16-22(29)10-8-17-11-20(26)14-21(27)12-17/h7,9,11-14,22,24,28-29H,4-6,8,10,15-16H2,1-3H3. The first kappa shape index (κ1) is 21.9. The molecule has 0 saturated carbocycles. The smallest absolute Gasteiger partial charge is 0.126 e. The van der Waals surface area contributed by atoms with Gasteiger partial charge in [0.1, 0.15) is 11.6 Å². The Bertz CT molecular complexity index is 808. The third-order valence-corrected chi connectivity index (χ3v) is 5.55. The monoisotopic (exact) mass is 401 g/mol. The van der Waals surface area contributed by atoms with Crippen LogP contribution in [0.5, 0.6) is 0 Å². The molecule has 2 N–H and O–H groups in total. The molecule has 1 aliphatic rings. The maximum absolute atomic E-state index is 13.3. The number of fused-ring (bicyclic) bond motifs is 1. The Morgan fingerprint density at radius 3 is 2.48 bits per heavy atom. The van der Waals surface area contributed by atoms with Gasteiger partial charge >= 0.3 is 0 Å². The zero-order chi connectivity index (χ0) is 21.0. The summed E-state index contributed by atoms with van der Waals surface area (Å²) in [7, 11) is 0. The van der Waals surface area contributed by atoms with Crippen molar-refractivity contribution in [1.29, 1.82) is 0 Å². The molecule has 2 nitrogen and oxygen atoms in total. The summed E-state index contributed by atoms with van der Waals surface area (Å²) in [4.78, 5) is 0. The van der Waals surface area contributed by atoms with Gasteiger partial charge in [-0.2, -0.15) is 0 Å². The largest absolute Gasteiger partial charge is 0.392 e. The van der Waals surface area contributed by atoms with E-state index in [1.807, 2.05) is 0 Å². The zero-order valence-corrected chi connectivity index (χ0v) is 17.8. The number of rotatable bonds is 7. The van der Waals surface area contributed by atoms with Gasteiger partial charge in [0.25, 0.3) is 0 Å². The van der Waals surface area contributed by atoms with Crippen LogP contribution in [0.1, 0.15) is 68.3 Å². The molecule has 0 aromatic heterocycles. The second kappa shape index (κ2) is 9.36. The van der Waals surface area contributed by atoms with E-state index in [4.69, 9.17) is 0 Å². The molecule has 0 heterocycles. The fraction of sp³-hybridized carbons (Fsp3) is 0.520. The Hall–Kier alpha value is -1.78. The molecule has 0 aliphatic heterocycles. The first-order valence-corrected chi connectivity index (χ1v) is 10.7. The third-order valence-electron chi connectivity index (χ3n) is 5.55. The minimum atomic E-state index is -0.572. The molecular weight excluding hydrogens is 368 g/mol. The summed E-state index contributed by atoms with van der Waals surface area (Å²) < 4.78 is 26.6. The van der Waals surface area contributed by atoms with Gasteiger partial charge < -0.3 is 10.4 Å². The van der Waals surface area contributed by atoms with Gasteiger partial charge in [0.15, 0.2) is 0 Å². The SMILES string of the molecule is CC(C)(C)Cc1ccc2c(c1)C(NCC(O)CCc1cc(F)cc(F)c1)CCC2. The number of benzene rings is 2. The Morgan fingerprint density at radius 2 is 1.79 bits per heavy atom. The summed E-state index contributed by atoms with van der Waals surface area (Å²) in [5.41, 5.74) is 4.95. The molecule has 2 aromatic carbocycles. The fourth-order valence-electron chi connectivity index (χ4n) is 4.25. The van der Waals surface area contributed by atoms with E-state index in [9.17, 15) is 13.9 Å². The van der Waals surface area contributed by atoms with Gasteiger partial charge in [-0.3, -0.25) is 0 Å². The lowest BCUT2D eigenvalue weighted by atomic mass is 9.82. The first-order chi connectivity index (χ1) is 13.7. The average molecular weight is 402 g/mol. The van der Waals surface area contributed by atoms with E-state index in [0.29, 0.717) is 24.9 Å². The van der Waals surface area contributed by atoms with Crippen molar-refractivity contribution < 1.29 is 13.9 Å². The summed E-state index contributed by atoms with van der Waals surface area (Å²) in [5.74, 6) is -1.14. The lowest BCUT2D eigenvalue weighted by Crippen LogP contribution is -2.32. The van der Waals surface area contributed by atoms with Crippen molar-refractivity contribution in [3.05, 3.63) is 70.3 Å². The maximum atomic E-state index is 13.3. The van der Waals surface area contributed by atoms with E-state index in [1.54, 1.807) is 0 Å². The molecule has 158 valence electrons. The van der Waals surface area contributed by atoms with Crippen LogP contribution in [0.25, 0.3) is 0 Å². The predicted molar refractivity (Wildman–Crippen MR) is 114 cm³/mol. The number of aliphatic hydroxyl groups is 1. The van der Waals surface area contributed by atoms with E-state index in [0.717, 1.165) is 31.7 Å². The lowest BCUT2D eigenvalue weighted by Gasteiger charge is -2.29. The highest BCUT2D eigenvalue weighted by molar-refractivity contribution is 5.36. The maximum Gasteiger partial charge on any atom is 0.126 e. The predicted octanol–water partition coefficient (Wildman–Crippen LogP) is 5.51. The molecule has 4 heteroatoms. The molecule has 0 amide bonds. The molecule has 2 unspecified atom stereocenters. The number of nitrogens with one attached hydrogen (secondary N) is 1. The highest BCUT2D eigenvalue weighted by Gasteiger charge is 2.22. The lowest BCUT2D eigenvalue weighted by molar-refractivity contribution is 0.156. The Kier molecular flexibility index (Phi) is 7.07. The summed E-state index contributed by atoms with van der Waals surface area (Å²) in [6.07, 6.45) is 4.73. The van der Waals surface area contributed by atoms with Crippen LogP contribution in [0.2, 0.25) is 0 Å². The van der Waals surface area contributed by atoms with Crippen molar-refractivity contribution in [3.8, 4) is 0 Å². The number of aliphatic hydroxyl groups excluding tert-OH is 1. The molecule has 0 radical (unpaired) electrons. The minimum Gasteiger partial charge on any atom is -0.392 e. The molecule has 2 aromatic rings. The molecule has 0 bridgehead atoms. The van der Waals surface area contributed by atoms with Gasteiger partial charge in [-0.25, -0.2) is 8.78 Å². The van der Waals surface area contributed by atoms with Crippen LogP contribution < -0.4 is 5.32 Å². The van der Waals surface area contributed by atoms with Crippen LogP contribution in [0.3, 0.4) is 0 Å². The quantitative estimate of drug-likeness (QED) is 0.641. The third kappa shape index (κ3) is 6.61. The van der Waals surface area contributed by atoms with Gasteiger partial charge in [-0.1, -0.05) is 39.0 Å². The van der Waals surface area contributed by atoms with Crippen molar-refractivity contribution in [3.63, 3.8) is 0 Å².